The van der Waals surface area contributed by atoms with E-state index in [9.17, 15) is 13.6 Å². The Labute approximate surface area is 132 Å². The standard InChI is InChI=1S/C16H30F2O2S/c1-5-6-9-14(15(19)20-12-13(2)3)21-11-8-7-10-16(4,17)18/h13-14H,5-12H2,1-4H3. The fourth-order valence-corrected chi connectivity index (χ4v) is 2.96. The van der Waals surface area contributed by atoms with Gasteiger partial charge in [0.25, 0.3) is 0 Å². The Bertz CT molecular complexity index is 278. The minimum absolute atomic E-state index is 0.0784. The van der Waals surface area contributed by atoms with Crippen molar-refractivity contribution in [1.29, 1.82) is 0 Å². The molecular formula is C16H30F2O2S. The summed E-state index contributed by atoms with van der Waals surface area (Å²) in [5, 5.41) is -0.147. The molecule has 0 aliphatic carbocycles. The van der Waals surface area contributed by atoms with Crippen LogP contribution in [0, 0.1) is 5.92 Å². The van der Waals surface area contributed by atoms with Crippen LogP contribution in [0.1, 0.15) is 66.2 Å². The number of hydrogen-bond acceptors (Lipinski definition) is 3. The van der Waals surface area contributed by atoms with E-state index in [4.69, 9.17) is 4.74 Å². The minimum atomic E-state index is -2.58. The van der Waals surface area contributed by atoms with Gasteiger partial charge in [0, 0.05) is 6.42 Å². The van der Waals surface area contributed by atoms with Crippen molar-refractivity contribution in [2.24, 2.45) is 5.92 Å². The molecule has 0 aromatic heterocycles. The second kappa shape index (κ2) is 11.3. The first-order valence-corrected chi connectivity index (χ1v) is 8.97. The Kier molecular flexibility index (Phi) is 11.1. The van der Waals surface area contributed by atoms with Crippen LogP contribution in [0.5, 0.6) is 0 Å². The van der Waals surface area contributed by atoms with Crippen LogP contribution in [0.4, 0.5) is 8.78 Å². The van der Waals surface area contributed by atoms with E-state index in [1.54, 1.807) is 11.8 Å². The Balaban J connectivity index is 4.02. The van der Waals surface area contributed by atoms with E-state index in [2.05, 4.69) is 6.92 Å². The number of thioether (sulfide) groups is 1. The Hall–Kier alpha value is -0.320. The van der Waals surface area contributed by atoms with Crippen molar-refractivity contribution in [1.82, 2.24) is 0 Å². The molecule has 0 aromatic carbocycles. The first-order valence-electron chi connectivity index (χ1n) is 7.92. The Morgan fingerprint density at radius 2 is 1.90 bits per heavy atom. The first kappa shape index (κ1) is 20.7. The van der Waals surface area contributed by atoms with Gasteiger partial charge < -0.3 is 4.74 Å². The Morgan fingerprint density at radius 3 is 2.43 bits per heavy atom. The van der Waals surface area contributed by atoms with Crippen molar-refractivity contribution < 1.29 is 18.3 Å². The molecule has 0 fully saturated rings. The minimum Gasteiger partial charge on any atom is -0.465 e. The summed E-state index contributed by atoms with van der Waals surface area (Å²) in [4.78, 5) is 12.0. The lowest BCUT2D eigenvalue weighted by Crippen LogP contribution is -2.22. The molecule has 0 bridgehead atoms. The molecule has 0 radical (unpaired) electrons. The van der Waals surface area contributed by atoms with Crippen molar-refractivity contribution >= 4 is 17.7 Å². The summed E-state index contributed by atoms with van der Waals surface area (Å²) < 4.78 is 30.7. The third-order valence-electron chi connectivity index (χ3n) is 2.97. The molecule has 2 nitrogen and oxygen atoms in total. The number of carbonyl (C=O) groups excluding carboxylic acids is 1. The fourth-order valence-electron chi connectivity index (χ4n) is 1.76. The number of halogens is 2. The third kappa shape index (κ3) is 13.1. The fraction of sp³-hybridized carbons (Fsp3) is 0.938. The number of hydrogen-bond donors (Lipinski definition) is 0. The molecular weight excluding hydrogens is 294 g/mol. The van der Waals surface area contributed by atoms with Crippen LogP contribution >= 0.6 is 11.8 Å². The monoisotopic (exact) mass is 324 g/mol. The van der Waals surface area contributed by atoms with Crippen molar-refractivity contribution in [2.75, 3.05) is 12.4 Å². The van der Waals surface area contributed by atoms with Crippen molar-refractivity contribution in [3.8, 4) is 0 Å². The number of carbonyl (C=O) groups is 1. The van der Waals surface area contributed by atoms with E-state index in [0.717, 1.165) is 31.9 Å². The number of alkyl halides is 2. The number of ether oxygens (including phenoxy) is 1. The van der Waals surface area contributed by atoms with Gasteiger partial charge >= 0.3 is 5.97 Å². The van der Waals surface area contributed by atoms with Gasteiger partial charge in [-0.2, -0.15) is 0 Å². The lowest BCUT2D eigenvalue weighted by atomic mass is 10.2. The van der Waals surface area contributed by atoms with Crippen LogP contribution in [-0.2, 0) is 9.53 Å². The molecule has 0 heterocycles. The molecule has 1 atom stereocenters. The van der Waals surface area contributed by atoms with Crippen LogP contribution in [0.3, 0.4) is 0 Å². The molecule has 0 saturated carbocycles. The zero-order chi connectivity index (χ0) is 16.3. The maximum Gasteiger partial charge on any atom is 0.319 e. The van der Waals surface area contributed by atoms with E-state index in [1.807, 2.05) is 13.8 Å². The molecule has 0 spiro atoms. The third-order valence-corrected chi connectivity index (χ3v) is 4.33. The van der Waals surface area contributed by atoms with Gasteiger partial charge in [0.1, 0.15) is 5.25 Å². The van der Waals surface area contributed by atoms with E-state index in [-0.39, 0.29) is 17.6 Å². The lowest BCUT2D eigenvalue weighted by molar-refractivity contribution is -0.144. The van der Waals surface area contributed by atoms with Gasteiger partial charge in [-0.25, -0.2) is 8.78 Å². The van der Waals surface area contributed by atoms with Gasteiger partial charge in [0.2, 0.25) is 5.92 Å². The molecule has 0 aliphatic heterocycles. The number of unbranched alkanes of at least 4 members (excludes halogenated alkanes) is 2. The van der Waals surface area contributed by atoms with Gasteiger partial charge in [-0.05, 0) is 37.9 Å². The maximum absolute atomic E-state index is 12.7. The molecule has 0 N–H and O–H groups in total. The summed E-state index contributed by atoms with van der Waals surface area (Å²) in [6, 6.07) is 0. The van der Waals surface area contributed by atoms with E-state index < -0.39 is 5.92 Å². The highest BCUT2D eigenvalue weighted by atomic mass is 32.2. The average Bonchev–Trinajstić information content (AvgIpc) is 2.37. The predicted molar refractivity (Wildman–Crippen MR) is 86.0 cm³/mol. The quantitative estimate of drug-likeness (QED) is 0.360. The highest BCUT2D eigenvalue weighted by molar-refractivity contribution is 8.00. The largest absolute Gasteiger partial charge is 0.465 e. The van der Waals surface area contributed by atoms with Crippen molar-refractivity contribution in [3.63, 3.8) is 0 Å². The molecule has 0 aromatic rings. The van der Waals surface area contributed by atoms with E-state index >= 15 is 0 Å². The zero-order valence-corrected chi connectivity index (χ0v) is 14.6. The SMILES string of the molecule is CCCCC(SCCCCC(C)(F)F)C(=O)OCC(C)C. The van der Waals surface area contributed by atoms with Gasteiger partial charge in [-0.15, -0.1) is 11.8 Å². The van der Waals surface area contributed by atoms with E-state index in [1.165, 1.54) is 0 Å². The summed E-state index contributed by atoms with van der Waals surface area (Å²) >= 11 is 1.55. The zero-order valence-electron chi connectivity index (χ0n) is 13.8. The molecule has 5 heteroatoms. The smallest absolute Gasteiger partial charge is 0.319 e. The summed E-state index contributed by atoms with van der Waals surface area (Å²) in [5.74, 6) is -1.66. The number of esters is 1. The van der Waals surface area contributed by atoms with Crippen LogP contribution in [0.2, 0.25) is 0 Å². The molecule has 0 saturated heterocycles. The highest BCUT2D eigenvalue weighted by Gasteiger charge is 2.22. The molecule has 21 heavy (non-hydrogen) atoms. The second-order valence-corrected chi connectivity index (χ2v) is 7.36. The topological polar surface area (TPSA) is 26.3 Å². The number of rotatable bonds is 12. The van der Waals surface area contributed by atoms with Crippen molar-refractivity contribution in [3.05, 3.63) is 0 Å². The van der Waals surface area contributed by atoms with Crippen molar-refractivity contribution in [2.45, 2.75) is 77.4 Å². The van der Waals surface area contributed by atoms with Crippen LogP contribution in [0.25, 0.3) is 0 Å². The average molecular weight is 324 g/mol. The summed E-state index contributed by atoms with van der Waals surface area (Å²) in [6.45, 7) is 7.50. The lowest BCUT2D eigenvalue weighted by Gasteiger charge is -2.16. The van der Waals surface area contributed by atoms with Crippen LogP contribution < -0.4 is 0 Å². The normalized spacial score (nSPS) is 13.5. The van der Waals surface area contributed by atoms with Gasteiger partial charge in [-0.3, -0.25) is 4.79 Å². The van der Waals surface area contributed by atoms with Gasteiger partial charge in [0.15, 0.2) is 0 Å². The predicted octanol–water partition coefficient (Wildman–Crippen LogP) is 5.30. The van der Waals surface area contributed by atoms with Gasteiger partial charge in [-0.1, -0.05) is 33.6 Å². The first-order chi connectivity index (χ1) is 9.76. The highest BCUT2D eigenvalue weighted by Crippen LogP contribution is 2.24. The van der Waals surface area contributed by atoms with Gasteiger partial charge in [0.05, 0.1) is 6.61 Å². The Morgan fingerprint density at radius 1 is 1.24 bits per heavy atom. The molecule has 0 rings (SSSR count). The molecule has 0 aliphatic rings. The van der Waals surface area contributed by atoms with Crippen LogP contribution in [-0.4, -0.2) is 29.5 Å². The maximum atomic E-state index is 12.7. The summed E-state index contributed by atoms with van der Waals surface area (Å²) in [6.07, 6.45) is 3.97. The van der Waals surface area contributed by atoms with Crippen LogP contribution in [0.15, 0.2) is 0 Å². The summed E-state index contributed by atoms with van der Waals surface area (Å²) in [5.41, 5.74) is 0. The molecule has 1 unspecified atom stereocenters. The summed E-state index contributed by atoms with van der Waals surface area (Å²) in [7, 11) is 0. The second-order valence-electron chi connectivity index (χ2n) is 6.05. The van der Waals surface area contributed by atoms with E-state index in [0.29, 0.717) is 25.4 Å². The molecule has 126 valence electrons. The molecule has 0 amide bonds.